The maximum Gasteiger partial charge on any atom is 0.326 e. The van der Waals surface area contributed by atoms with Gasteiger partial charge in [0.25, 0.3) is 0 Å². The van der Waals surface area contributed by atoms with Gasteiger partial charge in [-0.3, -0.25) is 4.57 Å². The molecular formula is C12H14N2O2. The number of nitrogens with one attached hydrogen (secondary N) is 1. The first-order valence-electron chi connectivity index (χ1n) is 5.58. The van der Waals surface area contributed by atoms with Gasteiger partial charge in [-0.15, -0.1) is 0 Å². The zero-order valence-corrected chi connectivity index (χ0v) is 9.19. The van der Waals surface area contributed by atoms with Crippen LogP contribution in [0.15, 0.2) is 23.0 Å². The van der Waals surface area contributed by atoms with Crippen LogP contribution in [-0.4, -0.2) is 16.7 Å². The molecule has 4 heteroatoms. The number of nitrogens with zero attached hydrogens (tertiary/aromatic N) is 1. The summed E-state index contributed by atoms with van der Waals surface area (Å²) < 4.78 is 7.05. The van der Waals surface area contributed by atoms with Crippen LogP contribution in [0.3, 0.4) is 0 Å². The van der Waals surface area contributed by atoms with Gasteiger partial charge >= 0.3 is 5.69 Å². The Morgan fingerprint density at radius 2 is 2.25 bits per heavy atom. The summed E-state index contributed by atoms with van der Waals surface area (Å²) in [6.07, 6.45) is 3.42. The lowest BCUT2D eigenvalue weighted by atomic mass is 9.93. The molecule has 0 bridgehead atoms. The number of hydrogen-bond acceptors (Lipinski definition) is 2. The van der Waals surface area contributed by atoms with Gasteiger partial charge in [-0.25, -0.2) is 4.79 Å². The number of aromatic amines is 1. The second kappa shape index (κ2) is 3.40. The molecule has 1 N–H and O–H groups in total. The van der Waals surface area contributed by atoms with Crippen molar-refractivity contribution in [2.45, 2.75) is 25.3 Å². The van der Waals surface area contributed by atoms with Crippen molar-refractivity contribution in [2.75, 3.05) is 7.11 Å². The molecule has 0 amide bonds. The highest BCUT2D eigenvalue weighted by molar-refractivity contribution is 5.77. The Morgan fingerprint density at radius 3 is 2.88 bits per heavy atom. The van der Waals surface area contributed by atoms with Crippen molar-refractivity contribution in [2.24, 2.45) is 0 Å². The molecule has 84 valence electrons. The Hall–Kier alpha value is -1.71. The van der Waals surface area contributed by atoms with Crippen molar-refractivity contribution < 1.29 is 4.74 Å². The van der Waals surface area contributed by atoms with E-state index in [1.807, 2.05) is 22.8 Å². The minimum Gasteiger partial charge on any atom is -0.497 e. The molecule has 0 unspecified atom stereocenters. The molecule has 0 saturated heterocycles. The van der Waals surface area contributed by atoms with Crippen molar-refractivity contribution in [1.29, 1.82) is 0 Å². The lowest BCUT2D eigenvalue weighted by molar-refractivity contribution is 0.314. The fourth-order valence-corrected chi connectivity index (χ4v) is 2.24. The predicted octanol–water partition coefficient (Wildman–Crippen LogP) is 2.06. The minimum absolute atomic E-state index is 0.00652. The number of ether oxygens (including phenoxy) is 1. The molecule has 0 radical (unpaired) electrons. The number of rotatable bonds is 2. The number of aromatic nitrogens is 2. The number of H-pyrrole nitrogens is 1. The molecule has 2 aromatic rings. The van der Waals surface area contributed by atoms with Gasteiger partial charge in [0.15, 0.2) is 0 Å². The van der Waals surface area contributed by atoms with E-state index in [9.17, 15) is 4.79 Å². The highest BCUT2D eigenvalue weighted by atomic mass is 16.5. The molecule has 0 atom stereocenters. The van der Waals surface area contributed by atoms with Crippen LogP contribution in [0.4, 0.5) is 0 Å². The molecular weight excluding hydrogens is 204 g/mol. The molecule has 1 aromatic heterocycles. The van der Waals surface area contributed by atoms with Gasteiger partial charge in [0.05, 0.1) is 18.1 Å². The van der Waals surface area contributed by atoms with Gasteiger partial charge in [-0.2, -0.15) is 0 Å². The smallest absolute Gasteiger partial charge is 0.326 e. The summed E-state index contributed by atoms with van der Waals surface area (Å²) in [7, 11) is 1.64. The average molecular weight is 218 g/mol. The number of fused-ring (bicyclic) bond motifs is 1. The third kappa shape index (κ3) is 1.26. The van der Waals surface area contributed by atoms with Crippen LogP contribution in [0, 0.1) is 0 Å². The first-order chi connectivity index (χ1) is 7.79. The van der Waals surface area contributed by atoms with Crippen LogP contribution in [0.5, 0.6) is 5.75 Å². The Kier molecular flexibility index (Phi) is 2.02. The van der Waals surface area contributed by atoms with E-state index in [-0.39, 0.29) is 5.69 Å². The summed E-state index contributed by atoms with van der Waals surface area (Å²) in [6, 6.07) is 6.05. The van der Waals surface area contributed by atoms with E-state index in [2.05, 4.69) is 4.98 Å². The molecule has 1 heterocycles. The van der Waals surface area contributed by atoms with Crippen molar-refractivity contribution in [3.8, 4) is 5.75 Å². The van der Waals surface area contributed by atoms with E-state index >= 15 is 0 Å². The zero-order valence-electron chi connectivity index (χ0n) is 9.19. The third-order valence-corrected chi connectivity index (χ3v) is 3.36. The molecule has 16 heavy (non-hydrogen) atoms. The van der Waals surface area contributed by atoms with Crippen molar-refractivity contribution in [3.63, 3.8) is 0 Å². The van der Waals surface area contributed by atoms with Crippen LogP contribution in [0.1, 0.15) is 25.3 Å². The number of methoxy groups -OCH3 is 1. The highest BCUT2D eigenvalue weighted by Gasteiger charge is 2.23. The van der Waals surface area contributed by atoms with Gasteiger partial charge in [-0.05, 0) is 31.4 Å². The fourth-order valence-electron chi connectivity index (χ4n) is 2.24. The standard InChI is InChI=1S/C12H14N2O2/c1-16-9-5-6-10-11(7-9)14(12(15)13-10)8-3-2-4-8/h5-8H,2-4H2,1H3,(H,13,15). The summed E-state index contributed by atoms with van der Waals surface area (Å²) >= 11 is 0. The van der Waals surface area contributed by atoms with Crippen LogP contribution < -0.4 is 10.4 Å². The Labute approximate surface area is 92.8 Å². The topological polar surface area (TPSA) is 47.0 Å². The van der Waals surface area contributed by atoms with Crippen molar-refractivity contribution >= 4 is 11.0 Å². The molecule has 4 nitrogen and oxygen atoms in total. The van der Waals surface area contributed by atoms with E-state index in [4.69, 9.17) is 4.74 Å². The summed E-state index contributed by atoms with van der Waals surface area (Å²) in [6.45, 7) is 0. The summed E-state index contributed by atoms with van der Waals surface area (Å²) in [5, 5.41) is 0. The van der Waals surface area contributed by atoms with Crippen molar-refractivity contribution in [3.05, 3.63) is 28.7 Å². The summed E-state index contributed by atoms with van der Waals surface area (Å²) in [5.74, 6) is 0.791. The molecule has 1 aromatic carbocycles. The molecule has 1 aliphatic rings. The molecule has 0 spiro atoms. The summed E-state index contributed by atoms with van der Waals surface area (Å²) in [5.41, 5.74) is 1.83. The largest absolute Gasteiger partial charge is 0.497 e. The monoisotopic (exact) mass is 218 g/mol. The van der Waals surface area contributed by atoms with E-state index in [0.29, 0.717) is 6.04 Å². The number of imidazole rings is 1. The number of hydrogen-bond donors (Lipinski definition) is 1. The molecule has 1 fully saturated rings. The van der Waals surface area contributed by atoms with Crippen LogP contribution >= 0.6 is 0 Å². The molecule has 0 aliphatic heterocycles. The van der Waals surface area contributed by atoms with Crippen LogP contribution in [0.25, 0.3) is 11.0 Å². The summed E-state index contributed by atoms with van der Waals surface area (Å²) in [4.78, 5) is 14.7. The molecule has 3 rings (SSSR count). The molecule has 1 saturated carbocycles. The van der Waals surface area contributed by atoms with Gasteiger partial charge in [0.1, 0.15) is 5.75 Å². The highest BCUT2D eigenvalue weighted by Crippen LogP contribution is 2.33. The first-order valence-corrected chi connectivity index (χ1v) is 5.58. The van der Waals surface area contributed by atoms with E-state index in [0.717, 1.165) is 29.6 Å². The third-order valence-electron chi connectivity index (χ3n) is 3.36. The van der Waals surface area contributed by atoms with Gasteiger partial charge in [0.2, 0.25) is 0 Å². The maximum absolute atomic E-state index is 11.8. The lowest BCUT2D eigenvalue weighted by Crippen LogP contribution is -2.26. The maximum atomic E-state index is 11.8. The van der Waals surface area contributed by atoms with E-state index < -0.39 is 0 Å². The van der Waals surface area contributed by atoms with Crippen LogP contribution in [0.2, 0.25) is 0 Å². The Balaban J connectivity index is 2.23. The second-order valence-electron chi connectivity index (χ2n) is 4.27. The minimum atomic E-state index is -0.00652. The zero-order chi connectivity index (χ0) is 11.1. The van der Waals surface area contributed by atoms with Gasteiger partial charge in [-0.1, -0.05) is 0 Å². The van der Waals surface area contributed by atoms with Crippen molar-refractivity contribution in [1.82, 2.24) is 9.55 Å². The Bertz CT molecular complexity index is 578. The fraction of sp³-hybridized carbons (Fsp3) is 0.417. The quantitative estimate of drug-likeness (QED) is 0.838. The van der Waals surface area contributed by atoms with Gasteiger partial charge in [0, 0.05) is 12.1 Å². The number of benzene rings is 1. The SMILES string of the molecule is COc1ccc2[nH]c(=O)n(C3CCC3)c2c1. The average Bonchev–Trinajstić information content (AvgIpc) is 2.53. The first kappa shape index (κ1) is 9.51. The second-order valence-corrected chi connectivity index (χ2v) is 4.27. The normalized spacial score (nSPS) is 16.3. The lowest BCUT2D eigenvalue weighted by Gasteiger charge is -2.26. The molecule has 1 aliphatic carbocycles. The Morgan fingerprint density at radius 1 is 1.44 bits per heavy atom. The van der Waals surface area contributed by atoms with E-state index in [1.54, 1.807) is 7.11 Å². The predicted molar refractivity (Wildman–Crippen MR) is 62.0 cm³/mol. The van der Waals surface area contributed by atoms with Crippen LogP contribution in [-0.2, 0) is 0 Å². The van der Waals surface area contributed by atoms with E-state index in [1.165, 1.54) is 6.42 Å². The van der Waals surface area contributed by atoms with Gasteiger partial charge < -0.3 is 9.72 Å².